The zero-order chi connectivity index (χ0) is 25.9. The molecule has 0 radical (unpaired) electrons. The minimum atomic E-state index is -3.19. The Balaban J connectivity index is 2.35. The second-order valence-electron chi connectivity index (χ2n) is 9.35. The van der Waals surface area contributed by atoms with Crippen molar-refractivity contribution in [2.75, 3.05) is 7.11 Å². The third-order valence-corrected chi connectivity index (χ3v) is 6.33. The van der Waals surface area contributed by atoms with Gasteiger partial charge in [0.05, 0.1) is 24.1 Å². The topological polar surface area (TPSA) is 51.2 Å². The molecule has 0 saturated heterocycles. The Morgan fingerprint density at radius 1 is 1.29 bits per heavy atom. The molecule has 0 bridgehead atoms. The van der Waals surface area contributed by atoms with Gasteiger partial charge in [-0.2, -0.15) is 8.78 Å². The number of amides is 1. The number of rotatable bonds is 9. The molecule has 184 valence electrons. The van der Waals surface area contributed by atoms with Crippen LogP contribution in [-0.4, -0.2) is 23.7 Å². The normalized spacial score (nSPS) is 17.0. The first kappa shape index (κ1) is 27.9. The predicted octanol–water partition coefficient (Wildman–Crippen LogP) is 6.87. The molecule has 1 fully saturated rings. The zero-order valence-electron chi connectivity index (χ0n) is 20.3. The fraction of sp³-hybridized carbons (Fsp3) is 0.385. The number of carbonyl (C=O) groups excluding carboxylic acids is 1. The smallest absolute Gasteiger partial charge is 0.283 e. The van der Waals surface area contributed by atoms with E-state index >= 15 is 0 Å². The quantitative estimate of drug-likeness (QED) is 0.171. The maximum absolute atomic E-state index is 13.7. The van der Waals surface area contributed by atoms with Crippen LogP contribution in [0.15, 0.2) is 71.7 Å². The van der Waals surface area contributed by atoms with Gasteiger partial charge in [-0.15, -0.1) is 0 Å². The third-order valence-electron chi connectivity index (χ3n) is 5.60. The lowest BCUT2D eigenvalue weighted by Crippen LogP contribution is -2.38. The lowest BCUT2D eigenvalue weighted by atomic mass is 9.84. The van der Waals surface area contributed by atoms with Crippen molar-refractivity contribution in [2.24, 2.45) is 5.41 Å². The van der Waals surface area contributed by atoms with Crippen LogP contribution in [0.3, 0.4) is 0 Å². The number of nitrogens with one attached hydrogen (secondary N) is 1. The Labute approximate surface area is 208 Å². The highest BCUT2D eigenvalue weighted by molar-refractivity contribution is 7.18. The average Bonchev–Trinajstić information content (AvgIpc) is 3.53. The summed E-state index contributed by atoms with van der Waals surface area (Å²) in [5, 5.41) is 3.47. The number of alkyl halides is 2. The number of aromatic nitrogens is 1. The van der Waals surface area contributed by atoms with Crippen molar-refractivity contribution in [1.29, 1.82) is 0 Å². The number of hydrogen-bond donors (Lipinski definition) is 1. The van der Waals surface area contributed by atoms with Crippen LogP contribution in [0.5, 0.6) is 0 Å². The summed E-state index contributed by atoms with van der Waals surface area (Å²) in [6.45, 7) is 14.4. The molecule has 1 aromatic rings. The van der Waals surface area contributed by atoms with Crippen LogP contribution in [-0.2, 0) is 15.1 Å². The van der Waals surface area contributed by atoms with Crippen LogP contribution < -0.4 is 5.32 Å². The van der Waals surface area contributed by atoms with Gasteiger partial charge in [0.2, 0.25) is 5.91 Å². The summed E-state index contributed by atoms with van der Waals surface area (Å²) in [7, 11) is 3.02. The second kappa shape index (κ2) is 10.5. The fourth-order valence-corrected chi connectivity index (χ4v) is 3.50. The molecule has 2 rings (SSSR count). The molecule has 0 aromatic carbocycles. The first-order valence-electron chi connectivity index (χ1n) is 10.8. The number of nitrogens with zero attached hydrogens (tertiary/aromatic N) is 1. The summed E-state index contributed by atoms with van der Waals surface area (Å²) < 4.78 is 32.6. The van der Waals surface area contributed by atoms with E-state index in [-0.39, 0.29) is 5.57 Å². The molecular weight excluding hydrogens is 477 g/mol. The second-order valence-corrected chi connectivity index (χ2v) is 10.5. The van der Waals surface area contributed by atoms with Gasteiger partial charge < -0.3 is 10.1 Å². The molecule has 1 aliphatic rings. The summed E-state index contributed by atoms with van der Waals surface area (Å²) in [5.41, 5.74) is -2.54. The summed E-state index contributed by atoms with van der Waals surface area (Å²) >= 11 is 6.33. The Hall–Kier alpha value is -2.30. The molecule has 1 aromatic heterocycles. The van der Waals surface area contributed by atoms with E-state index in [0.29, 0.717) is 22.1 Å². The SMILES string of the molecule is C=C/C(Cl)=C(\C=C(/C)OC)c1ccc(C2(NC(=O)/C(=C/C(=C)C(F)(F)P)C(C)(C)C)CC2)cn1. The molecule has 1 atom stereocenters. The van der Waals surface area contributed by atoms with Crippen LogP contribution in [0, 0.1) is 5.41 Å². The molecule has 1 unspecified atom stereocenters. The van der Waals surface area contributed by atoms with Crippen LogP contribution >= 0.6 is 20.8 Å². The standard InChI is InChI=1S/C26H32ClF2N2O2P/c1-8-21(27)19(14-17(3)33-7)22-10-9-18(15-30-22)25(11-12-25)31-23(32)20(24(4,5)6)13-16(2)26(28,29)34/h8-10,13-15H,1-2,11-12,34H2,3-7H3,(H,31,32)/b17-14+,20-13-,21-19-. The van der Waals surface area contributed by atoms with Gasteiger partial charge in [-0.1, -0.05) is 66.9 Å². The first-order valence-corrected chi connectivity index (χ1v) is 11.7. The van der Waals surface area contributed by atoms with E-state index in [4.69, 9.17) is 16.3 Å². The Bertz CT molecular complexity index is 1060. The summed E-state index contributed by atoms with van der Waals surface area (Å²) in [6, 6.07) is 3.70. The number of ether oxygens (including phenoxy) is 1. The maximum atomic E-state index is 13.7. The van der Waals surface area contributed by atoms with E-state index in [0.717, 1.165) is 18.4 Å². The molecule has 4 nitrogen and oxygen atoms in total. The fourth-order valence-electron chi connectivity index (χ4n) is 3.26. The highest BCUT2D eigenvalue weighted by Gasteiger charge is 2.47. The van der Waals surface area contributed by atoms with Crippen molar-refractivity contribution in [3.8, 4) is 0 Å². The molecule has 1 aliphatic carbocycles. The molecule has 0 aliphatic heterocycles. The van der Waals surface area contributed by atoms with E-state index in [1.54, 1.807) is 47.1 Å². The third kappa shape index (κ3) is 6.86. The van der Waals surface area contributed by atoms with Crippen LogP contribution in [0.4, 0.5) is 8.78 Å². The minimum absolute atomic E-state index is 0.235. The van der Waals surface area contributed by atoms with Gasteiger partial charge in [0, 0.05) is 27.9 Å². The Morgan fingerprint density at radius 3 is 2.32 bits per heavy atom. The van der Waals surface area contributed by atoms with Crippen LogP contribution in [0.25, 0.3) is 5.57 Å². The molecule has 0 spiro atoms. The van der Waals surface area contributed by atoms with Gasteiger partial charge in [0.1, 0.15) is 0 Å². The lowest BCUT2D eigenvalue weighted by Gasteiger charge is -2.26. The molecule has 1 N–H and O–H groups in total. The van der Waals surface area contributed by atoms with E-state index in [1.165, 1.54) is 21.4 Å². The monoisotopic (exact) mass is 508 g/mol. The Morgan fingerprint density at radius 2 is 1.91 bits per heavy atom. The van der Waals surface area contributed by atoms with Gasteiger partial charge in [-0.05, 0) is 49.0 Å². The zero-order valence-corrected chi connectivity index (χ0v) is 22.2. The van der Waals surface area contributed by atoms with Crippen molar-refractivity contribution in [3.63, 3.8) is 0 Å². The largest absolute Gasteiger partial charge is 0.501 e. The highest BCUT2D eigenvalue weighted by Crippen LogP contribution is 2.46. The number of methoxy groups -OCH3 is 1. The van der Waals surface area contributed by atoms with Crippen LogP contribution in [0.2, 0.25) is 0 Å². The van der Waals surface area contributed by atoms with E-state index < -0.39 is 28.1 Å². The minimum Gasteiger partial charge on any atom is -0.501 e. The van der Waals surface area contributed by atoms with Gasteiger partial charge in [0.15, 0.2) is 0 Å². The van der Waals surface area contributed by atoms with Crippen molar-refractivity contribution >= 4 is 32.3 Å². The van der Waals surface area contributed by atoms with Gasteiger partial charge in [-0.25, -0.2) is 0 Å². The van der Waals surface area contributed by atoms with Crippen molar-refractivity contribution in [2.45, 2.75) is 51.7 Å². The number of allylic oxidation sites excluding steroid dienone is 7. The molecule has 1 heterocycles. The van der Waals surface area contributed by atoms with Gasteiger partial charge in [0.25, 0.3) is 5.66 Å². The van der Waals surface area contributed by atoms with Gasteiger partial charge in [-0.3, -0.25) is 9.78 Å². The number of pyridine rings is 1. The lowest BCUT2D eigenvalue weighted by molar-refractivity contribution is -0.119. The maximum Gasteiger partial charge on any atom is 0.283 e. The molecule has 34 heavy (non-hydrogen) atoms. The summed E-state index contributed by atoms with van der Waals surface area (Å²) in [4.78, 5) is 17.7. The van der Waals surface area contributed by atoms with E-state index in [9.17, 15) is 13.6 Å². The van der Waals surface area contributed by atoms with Crippen molar-refractivity contribution in [1.82, 2.24) is 10.3 Å². The predicted molar refractivity (Wildman–Crippen MR) is 138 cm³/mol. The summed E-state index contributed by atoms with van der Waals surface area (Å²) in [6.07, 6.45) is 7.62. The summed E-state index contributed by atoms with van der Waals surface area (Å²) in [5.74, 6) is 0.254. The van der Waals surface area contributed by atoms with Crippen LogP contribution in [0.1, 0.15) is 51.8 Å². The van der Waals surface area contributed by atoms with Crippen molar-refractivity contribution < 1.29 is 18.3 Å². The number of halogens is 3. The highest BCUT2D eigenvalue weighted by atomic mass is 35.5. The molecule has 1 amide bonds. The van der Waals surface area contributed by atoms with Gasteiger partial charge >= 0.3 is 0 Å². The number of hydrogen-bond acceptors (Lipinski definition) is 3. The van der Waals surface area contributed by atoms with E-state index in [2.05, 4.69) is 23.5 Å². The number of carbonyl (C=O) groups is 1. The average molecular weight is 509 g/mol. The Kier molecular flexibility index (Phi) is 8.66. The van der Waals surface area contributed by atoms with E-state index in [1.807, 2.05) is 12.1 Å². The molecule has 1 saturated carbocycles. The first-order chi connectivity index (χ1) is 15.6. The molecule has 8 heteroatoms. The van der Waals surface area contributed by atoms with Crippen molar-refractivity contribution in [3.05, 3.63) is 82.9 Å². The molecular formula is C26H32ClF2N2O2P.